The van der Waals surface area contributed by atoms with E-state index in [1.807, 2.05) is 30.3 Å². The van der Waals surface area contributed by atoms with Crippen LogP contribution in [0.4, 0.5) is 0 Å². The van der Waals surface area contributed by atoms with E-state index in [1.54, 1.807) is 6.08 Å². The van der Waals surface area contributed by atoms with Crippen molar-refractivity contribution in [3.8, 4) is 0 Å². The lowest BCUT2D eigenvalue weighted by atomic mass is 10.1. The van der Waals surface area contributed by atoms with Gasteiger partial charge in [0.25, 0.3) is 0 Å². The second kappa shape index (κ2) is 5.98. The smallest absolute Gasteiger partial charge is 0.330 e. The number of ether oxygens (including phenoxy) is 1. The molecular formula is C12H14O3. The molecule has 0 fully saturated rings. The van der Waals surface area contributed by atoms with Gasteiger partial charge in [0.1, 0.15) is 0 Å². The van der Waals surface area contributed by atoms with Gasteiger partial charge in [-0.25, -0.2) is 4.79 Å². The molecule has 0 bridgehead atoms. The van der Waals surface area contributed by atoms with Crippen LogP contribution in [-0.2, 0) is 9.53 Å². The monoisotopic (exact) mass is 206 g/mol. The van der Waals surface area contributed by atoms with E-state index in [2.05, 4.69) is 4.74 Å². The molecule has 0 amide bonds. The molecule has 1 unspecified atom stereocenters. The Hall–Kier alpha value is -1.61. The zero-order valence-electron chi connectivity index (χ0n) is 8.59. The molecule has 0 aromatic heterocycles. The summed E-state index contributed by atoms with van der Waals surface area (Å²) in [6.07, 6.45) is 2.74. The Morgan fingerprint density at radius 3 is 2.73 bits per heavy atom. The van der Waals surface area contributed by atoms with E-state index in [4.69, 9.17) is 0 Å². The van der Waals surface area contributed by atoms with Gasteiger partial charge in [-0.15, -0.1) is 0 Å². The van der Waals surface area contributed by atoms with E-state index in [-0.39, 0.29) is 0 Å². The molecule has 0 aliphatic rings. The molecule has 1 N–H and O–H groups in total. The summed E-state index contributed by atoms with van der Waals surface area (Å²) in [5.41, 5.74) is 0.840. The number of carbonyl (C=O) groups excluding carboxylic acids is 1. The zero-order valence-corrected chi connectivity index (χ0v) is 8.59. The Kier molecular flexibility index (Phi) is 4.57. The third kappa shape index (κ3) is 3.95. The minimum atomic E-state index is -0.577. The Bertz CT molecular complexity index is 330. The second-order valence-electron chi connectivity index (χ2n) is 3.09. The zero-order chi connectivity index (χ0) is 11.1. The molecule has 0 heterocycles. The van der Waals surface area contributed by atoms with Crippen LogP contribution in [0.2, 0.25) is 0 Å². The highest BCUT2D eigenvalue weighted by Crippen LogP contribution is 2.15. The molecule has 80 valence electrons. The van der Waals surface area contributed by atoms with Gasteiger partial charge in [0.05, 0.1) is 13.2 Å². The van der Waals surface area contributed by atoms with E-state index < -0.39 is 12.1 Å². The van der Waals surface area contributed by atoms with Crippen molar-refractivity contribution in [2.24, 2.45) is 0 Å². The van der Waals surface area contributed by atoms with Gasteiger partial charge in [-0.1, -0.05) is 36.4 Å². The predicted octanol–water partition coefficient (Wildman–Crippen LogP) is 1.84. The van der Waals surface area contributed by atoms with Crippen LogP contribution in [-0.4, -0.2) is 18.2 Å². The fourth-order valence-electron chi connectivity index (χ4n) is 1.17. The van der Waals surface area contributed by atoms with Crippen molar-refractivity contribution in [2.75, 3.05) is 7.11 Å². The molecule has 1 aromatic rings. The summed E-state index contributed by atoms with van der Waals surface area (Å²) < 4.78 is 4.43. The van der Waals surface area contributed by atoms with E-state index in [0.717, 1.165) is 5.56 Å². The summed E-state index contributed by atoms with van der Waals surface area (Å²) in [6.45, 7) is 0. The first-order chi connectivity index (χ1) is 7.24. The number of hydrogen-bond donors (Lipinski definition) is 1. The molecule has 15 heavy (non-hydrogen) atoms. The van der Waals surface area contributed by atoms with Crippen LogP contribution in [0.5, 0.6) is 0 Å². The van der Waals surface area contributed by atoms with Crippen molar-refractivity contribution < 1.29 is 14.6 Å². The summed E-state index contributed by atoms with van der Waals surface area (Å²) in [5.74, 6) is -0.407. The first-order valence-corrected chi connectivity index (χ1v) is 4.71. The maximum Gasteiger partial charge on any atom is 0.330 e. The van der Waals surface area contributed by atoms with Crippen molar-refractivity contribution in [3.05, 3.63) is 48.0 Å². The molecule has 1 atom stereocenters. The van der Waals surface area contributed by atoms with Gasteiger partial charge in [0.15, 0.2) is 0 Å². The fourth-order valence-corrected chi connectivity index (χ4v) is 1.17. The van der Waals surface area contributed by atoms with Gasteiger partial charge in [0, 0.05) is 6.08 Å². The second-order valence-corrected chi connectivity index (χ2v) is 3.09. The van der Waals surface area contributed by atoms with Crippen molar-refractivity contribution in [1.82, 2.24) is 0 Å². The SMILES string of the molecule is COC(=O)/C=C/CC(O)c1ccccc1. The van der Waals surface area contributed by atoms with Crippen LogP contribution in [0, 0.1) is 0 Å². The van der Waals surface area contributed by atoms with Crippen LogP contribution >= 0.6 is 0 Å². The number of hydrogen-bond acceptors (Lipinski definition) is 3. The molecular weight excluding hydrogens is 192 g/mol. The van der Waals surface area contributed by atoms with E-state index in [1.165, 1.54) is 13.2 Å². The number of esters is 1. The fraction of sp³-hybridized carbons (Fsp3) is 0.250. The van der Waals surface area contributed by atoms with Gasteiger partial charge in [-0.05, 0) is 12.0 Å². The molecule has 3 nitrogen and oxygen atoms in total. The van der Waals surface area contributed by atoms with E-state index >= 15 is 0 Å². The lowest BCUT2D eigenvalue weighted by Crippen LogP contribution is -1.97. The molecule has 3 heteroatoms. The number of aliphatic hydroxyl groups is 1. The summed E-state index contributed by atoms with van der Waals surface area (Å²) in [4.78, 5) is 10.7. The minimum absolute atomic E-state index is 0.402. The Morgan fingerprint density at radius 2 is 2.13 bits per heavy atom. The number of rotatable bonds is 4. The van der Waals surface area contributed by atoms with Gasteiger partial charge >= 0.3 is 5.97 Å². The van der Waals surface area contributed by atoms with Crippen LogP contribution < -0.4 is 0 Å². The molecule has 0 aliphatic heterocycles. The van der Waals surface area contributed by atoms with Crippen molar-refractivity contribution >= 4 is 5.97 Å². The third-order valence-corrected chi connectivity index (χ3v) is 2.00. The Labute approximate surface area is 89.0 Å². The summed E-state index contributed by atoms with van der Waals surface area (Å²) >= 11 is 0. The van der Waals surface area contributed by atoms with Crippen LogP contribution in [0.3, 0.4) is 0 Å². The highest BCUT2D eigenvalue weighted by Gasteiger charge is 2.03. The average Bonchev–Trinajstić information content (AvgIpc) is 2.29. The predicted molar refractivity (Wildman–Crippen MR) is 57.2 cm³/mol. The lowest BCUT2D eigenvalue weighted by molar-refractivity contribution is -0.134. The molecule has 0 saturated carbocycles. The van der Waals surface area contributed by atoms with Crippen molar-refractivity contribution in [3.63, 3.8) is 0 Å². The molecule has 1 rings (SSSR count). The highest BCUT2D eigenvalue weighted by atomic mass is 16.5. The van der Waals surface area contributed by atoms with Gasteiger partial charge in [-0.2, -0.15) is 0 Å². The Morgan fingerprint density at radius 1 is 1.47 bits per heavy atom. The largest absolute Gasteiger partial charge is 0.466 e. The maximum absolute atomic E-state index is 10.7. The van der Waals surface area contributed by atoms with Gasteiger partial charge < -0.3 is 9.84 Å². The molecule has 0 saturated heterocycles. The summed E-state index contributed by atoms with van der Waals surface area (Å²) in [7, 11) is 1.32. The van der Waals surface area contributed by atoms with Gasteiger partial charge in [-0.3, -0.25) is 0 Å². The maximum atomic E-state index is 10.7. The normalized spacial score (nSPS) is 12.7. The van der Waals surface area contributed by atoms with Crippen molar-refractivity contribution in [1.29, 1.82) is 0 Å². The summed E-state index contributed by atoms with van der Waals surface area (Å²) in [6, 6.07) is 9.30. The van der Waals surface area contributed by atoms with E-state index in [9.17, 15) is 9.90 Å². The van der Waals surface area contributed by atoms with E-state index in [0.29, 0.717) is 6.42 Å². The Balaban J connectivity index is 2.47. The minimum Gasteiger partial charge on any atom is -0.466 e. The standard InChI is InChI=1S/C12H14O3/c1-15-12(14)9-5-8-11(13)10-6-3-2-4-7-10/h2-7,9,11,13H,8H2,1H3/b9-5+. The first kappa shape index (κ1) is 11.5. The number of carbonyl (C=O) groups is 1. The molecule has 0 radical (unpaired) electrons. The molecule has 1 aromatic carbocycles. The van der Waals surface area contributed by atoms with Gasteiger partial charge in [0.2, 0.25) is 0 Å². The third-order valence-electron chi connectivity index (χ3n) is 2.00. The number of methoxy groups -OCH3 is 1. The lowest BCUT2D eigenvalue weighted by Gasteiger charge is -2.07. The van der Waals surface area contributed by atoms with Crippen molar-refractivity contribution in [2.45, 2.75) is 12.5 Å². The number of benzene rings is 1. The van der Waals surface area contributed by atoms with Crippen LogP contribution in [0.15, 0.2) is 42.5 Å². The molecule has 0 aliphatic carbocycles. The average molecular weight is 206 g/mol. The summed E-state index contributed by atoms with van der Waals surface area (Å²) in [5, 5.41) is 9.70. The topological polar surface area (TPSA) is 46.5 Å². The van der Waals surface area contributed by atoms with Crippen LogP contribution in [0.1, 0.15) is 18.1 Å². The van der Waals surface area contributed by atoms with Crippen LogP contribution in [0.25, 0.3) is 0 Å². The highest BCUT2D eigenvalue weighted by molar-refractivity contribution is 5.81. The molecule has 0 spiro atoms. The first-order valence-electron chi connectivity index (χ1n) is 4.71. The number of aliphatic hydroxyl groups excluding tert-OH is 1. The quantitative estimate of drug-likeness (QED) is 0.604.